The number of nitrogens with one attached hydrogen (secondary N) is 3. The average Bonchev–Trinajstić information content (AvgIpc) is 2.69. The minimum atomic E-state index is 0. The summed E-state index contributed by atoms with van der Waals surface area (Å²) in [4.78, 5) is 6.42. The van der Waals surface area contributed by atoms with Gasteiger partial charge in [-0.1, -0.05) is 8.64 Å². The van der Waals surface area contributed by atoms with Gasteiger partial charge in [-0.3, -0.25) is 0 Å². The van der Waals surface area contributed by atoms with E-state index in [1.807, 2.05) is 0 Å². The van der Waals surface area contributed by atoms with Gasteiger partial charge in [0.25, 0.3) is 0 Å². The zero-order valence-corrected chi connectivity index (χ0v) is 14.7. The quantitative estimate of drug-likeness (QED) is 0.314. The molecule has 0 saturated heterocycles. The van der Waals surface area contributed by atoms with E-state index >= 15 is 0 Å². The van der Waals surface area contributed by atoms with E-state index in [2.05, 4.69) is 70.3 Å². The number of H-pyrrole nitrogens is 1. The van der Waals surface area contributed by atoms with Crippen LogP contribution >= 0.6 is 24.4 Å². The Hall–Kier alpha value is 0.0534. The second-order valence-corrected chi connectivity index (χ2v) is 4.34. The third kappa shape index (κ3) is 16.5. The summed E-state index contributed by atoms with van der Waals surface area (Å²) in [6.45, 7) is 1.33. The molecule has 0 bridgehead atoms. The molecule has 0 aliphatic rings. The van der Waals surface area contributed by atoms with E-state index in [1.165, 1.54) is 0 Å². The number of thiocarbonyl (C=S) groups is 2. The van der Waals surface area contributed by atoms with Crippen LogP contribution < -0.4 is 10.6 Å². The summed E-state index contributed by atoms with van der Waals surface area (Å²) in [5, 5.41) is 5.56. The van der Waals surface area contributed by atoms with Gasteiger partial charge in [0, 0.05) is 25.5 Å². The van der Waals surface area contributed by atoms with Crippen molar-refractivity contribution in [2.75, 3.05) is 13.1 Å². The first-order valence-corrected chi connectivity index (χ1v) is 5.58. The van der Waals surface area contributed by atoms with Crippen molar-refractivity contribution >= 4 is 58.3 Å². The summed E-state index contributed by atoms with van der Waals surface area (Å²) in [5.41, 5.74) is 0. The number of rotatable bonds is 3. The molecule has 1 heterocycles. The molecule has 1 aromatic rings. The molecule has 0 aliphatic heterocycles. The average molecular weight is 344 g/mol. The van der Waals surface area contributed by atoms with Gasteiger partial charge in [0.2, 0.25) is 0 Å². The maximum Gasteiger partial charge on any atom is 2.00 e. The van der Waals surface area contributed by atoms with Crippen LogP contribution in [0.2, 0.25) is 0 Å². The van der Waals surface area contributed by atoms with Crippen molar-refractivity contribution in [1.29, 1.82) is 0 Å². The number of imidazole rings is 1. The predicted molar refractivity (Wildman–Crippen MR) is 74.5 cm³/mol. The Labute approximate surface area is 129 Å². The molecular formula is C7H10N4S4Zn. The maximum atomic E-state index is 4.59. The van der Waals surface area contributed by atoms with E-state index in [9.17, 15) is 0 Å². The molecule has 9 heteroatoms. The van der Waals surface area contributed by atoms with Crippen molar-refractivity contribution in [2.45, 2.75) is 0 Å². The van der Waals surface area contributed by atoms with Gasteiger partial charge in [-0.2, -0.15) is 0 Å². The van der Waals surface area contributed by atoms with Gasteiger partial charge in [0.05, 0.1) is 6.33 Å². The van der Waals surface area contributed by atoms with Crippen molar-refractivity contribution in [3.63, 3.8) is 0 Å². The molecule has 1 aromatic heterocycles. The molecule has 0 unspecified atom stereocenters. The first-order chi connectivity index (χ1) is 7.13. The standard InChI is InChI=1S/C4H8N2S4.C3H4N2.Zn/c7-3(8)5-1-2-6-4(9)10;1-2-5-3-4-1;/h1-2H2,(H2,5,7,8)(H2,6,9,10);1-3H,(H,4,5);/q;;+2/p-2. The minimum Gasteiger partial charge on any atom is -0.412 e. The van der Waals surface area contributed by atoms with Crippen LogP contribution in [0.4, 0.5) is 0 Å². The third-order valence-corrected chi connectivity index (χ3v) is 1.65. The molecule has 84 valence electrons. The van der Waals surface area contributed by atoms with Crippen LogP contribution in [-0.4, -0.2) is 31.7 Å². The van der Waals surface area contributed by atoms with Gasteiger partial charge in [-0.15, -0.1) is 0 Å². The fourth-order valence-corrected chi connectivity index (χ4v) is 0.953. The molecular weight excluding hydrogens is 334 g/mol. The summed E-state index contributed by atoms with van der Waals surface area (Å²) in [6.07, 6.45) is 5.08. The summed E-state index contributed by atoms with van der Waals surface area (Å²) in [6, 6.07) is 0. The first-order valence-electron chi connectivity index (χ1n) is 3.95. The SMILES string of the molecule is S=C([S-])NCCNC(=S)[S-].[Zn+2].c1c[nH]cn1. The molecule has 0 atom stereocenters. The molecule has 0 radical (unpaired) electrons. The second-order valence-electron chi connectivity index (χ2n) is 2.19. The Bertz CT molecular complexity index is 247. The number of aromatic nitrogens is 2. The fourth-order valence-electron chi connectivity index (χ4n) is 0.544. The largest absolute Gasteiger partial charge is 2.00 e. The van der Waals surface area contributed by atoms with Crippen LogP contribution in [0.1, 0.15) is 0 Å². The topological polar surface area (TPSA) is 52.7 Å². The first kappa shape index (κ1) is 18.4. The molecule has 1 rings (SSSR count). The summed E-state index contributed by atoms with van der Waals surface area (Å²) < 4.78 is 0.745. The van der Waals surface area contributed by atoms with Gasteiger partial charge in [-0.25, -0.2) is 4.98 Å². The predicted octanol–water partition coefficient (Wildman–Crippen LogP) is 0.236. The van der Waals surface area contributed by atoms with Crippen molar-refractivity contribution in [3.8, 4) is 0 Å². The minimum absolute atomic E-state index is 0. The zero-order valence-electron chi connectivity index (χ0n) is 8.43. The molecule has 4 nitrogen and oxygen atoms in total. The van der Waals surface area contributed by atoms with Crippen molar-refractivity contribution in [2.24, 2.45) is 0 Å². The third-order valence-electron chi connectivity index (χ3n) is 1.07. The van der Waals surface area contributed by atoms with E-state index in [-0.39, 0.29) is 19.5 Å². The van der Waals surface area contributed by atoms with Gasteiger partial charge in [-0.05, 0) is 0 Å². The van der Waals surface area contributed by atoms with Crippen LogP contribution in [0.3, 0.4) is 0 Å². The van der Waals surface area contributed by atoms with Crippen molar-refractivity contribution < 1.29 is 19.5 Å². The van der Waals surface area contributed by atoms with Crippen LogP contribution in [0.15, 0.2) is 18.7 Å². The number of nitrogens with zero attached hydrogens (tertiary/aromatic N) is 1. The monoisotopic (exact) mass is 342 g/mol. The molecule has 3 N–H and O–H groups in total. The van der Waals surface area contributed by atoms with Crippen LogP contribution in [0, 0.1) is 0 Å². The molecule has 0 aliphatic carbocycles. The van der Waals surface area contributed by atoms with Crippen molar-refractivity contribution in [3.05, 3.63) is 18.7 Å². The number of hydrogen-bond donors (Lipinski definition) is 3. The number of aromatic amines is 1. The Morgan fingerprint density at radius 1 is 1.19 bits per heavy atom. The molecule has 0 spiro atoms. The fraction of sp³-hybridized carbons (Fsp3) is 0.286. The van der Waals surface area contributed by atoms with Crippen LogP contribution in [0.5, 0.6) is 0 Å². The summed E-state index contributed by atoms with van der Waals surface area (Å²) in [7, 11) is 0. The van der Waals surface area contributed by atoms with Gasteiger partial charge in [0.1, 0.15) is 0 Å². The Balaban J connectivity index is 0. The van der Waals surface area contributed by atoms with Crippen LogP contribution in [-0.2, 0) is 44.7 Å². The Morgan fingerprint density at radius 2 is 1.69 bits per heavy atom. The Morgan fingerprint density at radius 3 is 1.88 bits per heavy atom. The maximum absolute atomic E-state index is 4.59. The molecule has 0 saturated carbocycles. The molecule has 0 fully saturated rings. The van der Waals surface area contributed by atoms with E-state index < -0.39 is 0 Å². The van der Waals surface area contributed by atoms with Gasteiger partial charge < -0.3 is 65.3 Å². The van der Waals surface area contributed by atoms with E-state index in [0.717, 1.165) is 0 Å². The summed E-state index contributed by atoms with van der Waals surface area (Å²) >= 11 is 18.4. The van der Waals surface area contributed by atoms with E-state index in [0.29, 0.717) is 21.7 Å². The van der Waals surface area contributed by atoms with E-state index in [1.54, 1.807) is 18.7 Å². The van der Waals surface area contributed by atoms with Gasteiger partial charge in [0.15, 0.2) is 0 Å². The summed E-state index contributed by atoms with van der Waals surface area (Å²) in [5.74, 6) is 0. The van der Waals surface area contributed by atoms with Gasteiger partial charge >= 0.3 is 19.5 Å². The second kappa shape index (κ2) is 13.1. The smallest absolute Gasteiger partial charge is 0.412 e. The molecule has 0 aromatic carbocycles. The normalized spacial score (nSPS) is 7.75. The zero-order chi connectivity index (χ0) is 11.5. The van der Waals surface area contributed by atoms with E-state index in [4.69, 9.17) is 0 Å². The Kier molecular flexibility index (Phi) is 15.1. The molecule has 16 heavy (non-hydrogen) atoms. The molecule has 0 amide bonds. The van der Waals surface area contributed by atoms with Crippen LogP contribution in [0.25, 0.3) is 0 Å². The van der Waals surface area contributed by atoms with Crippen molar-refractivity contribution in [1.82, 2.24) is 20.6 Å². The number of hydrogen-bond acceptors (Lipinski definition) is 5.